The fourth-order valence-electron chi connectivity index (χ4n) is 3.32. The van der Waals surface area contributed by atoms with Gasteiger partial charge in [-0.05, 0) is 54.3 Å². The van der Waals surface area contributed by atoms with Crippen LogP contribution in [0.4, 0.5) is 0 Å². The Balaban J connectivity index is 1.60. The Kier molecular flexibility index (Phi) is 9.01. The first-order valence-corrected chi connectivity index (χ1v) is 11.4. The molecule has 3 aromatic carbocycles. The highest BCUT2D eigenvalue weighted by atomic mass is 16.5. The second-order valence-electron chi connectivity index (χ2n) is 8.48. The van der Waals surface area contributed by atoms with Gasteiger partial charge in [0.15, 0.2) is 11.5 Å². The molecule has 35 heavy (non-hydrogen) atoms. The largest absolute Gasteiger partial charge is 0.493 e. The number of hydrogen-bond acceptors (Lipinski definition) is 5. The van der Waals surface area contributed by atoms with E-state index < -0.39 is 11.9 Å². The van der Waals surface area contributed by atoms with Gasteiger partial charge in [0.2, 0.25) is 0 Å². The highest BCUT2D eigenvalue weighted by molar-refractivity contribution is 5.97. The Morgan fingerprint density at radius 1 is 0.971 bits per heavy atom. The first kappa shape index (κ1) is 25.5. The van der Waals surface area contributed by atoms with Gasteiger partial charge in [0.05, 0.1) is 13.3 Å². The topological polar surface area (TPSA) is 89.0 Å². The summed E-state index contributed by atoms with van der Waals surface area (Å²) in [4.78, 5) is 25.3. The van der Waals surface area contributed by atoms with Crippen LogP contribution >= 0.6 is 0 Å². The van der Waals surface area contributed by atoms with Crippen LogP contribution < -0.4 is 20.2 Å². The van der Waals surface area contributed by atoms with Crippen molar-refractivity contribution in [3.05, 3.63) is 95.1 Å². The molecule has 0 saturated heterocycles. The number of nitrogens with one attached hydrogen (secondary N) is 2. The van der Waals surface area contributed by atoms with E-state index in [1.807, 2.05) is 69.3 Å². The molecule has 0 fully saturated rings. The summed E-state index contributed by atoms with van der Waals surface area (Å²) < 4.78 is 11.3. The fourth-order valence-corrected chi connectivity index (χ4v) is 3.32. The zero-order chi connectivity index (χ0) is 25.2. The van der Waals surface area contributed by atoms with Gasteiger partial charge >= 0.3 is 0 Å². The number of hydrazone groups is 1. The lowest BCUT2D eigenvalue weighted by Gasteiger charge is -2.20. The van der Waals surface area contributed by atoms with Crippen molar-refractivity contribution in [3.63, 3.8) is 0 Å². The predicted molar refractivity (Wildman–Crippen MR) is 137 cm³/mol. The molecule has 1 atom stereocenters. The van der Waals surface area contributed by atoms with Crippen LogP contribution in [0, 0.1) is 12.8 Å². The fraction of sp³-hybridized carbons (Fsp3) is 0.250. The third-order valence-electron chi connectivity index (χ3n) is 5.36. The van der Waals surface area contributed by atoms with Crippen LogP contribution in [0.15, 0.2) is 77.9 Å². The highest BCUT2D eigenvalue weighted by Gasteiger charge is 2.24. The average Bonchev–Trinajstić information content (AvgIpc) is 2.87. The van der Waals surface area contributed by atoms with E-state index >= 15 is 0 Å². The van der Waals surface area contributed by atoms with Crippen LogP contribution in [0.1, 0.15) is 40.9 Å². The van der Waals surface area contributed by atoms with Crippen LogP contribution in [0.25, 0.3) is 0 Å². The Morgan fingerprint density at radius 2 is 1.69 bits per heavy atom. The van der Waals surface area contributed by atoms with Gasteiger partial charge in [-0.25, -0.2) is 5.43 Å². The van der Waals surface area contributed by atoms with E-state index in [2.05, 4.69) is 15.8 Å². The third-order valence-corrected chi connectivity index (χ3v) is 5.36. The molecule has 0 bridgehead atoms. The van der Waals surface area contributed by atoms with Crippen LogP contribution in [0.5, 0.6) is 11.5 Å². The van der Waals surface area contributed by atoms with Gasteiger partial charge in [0.25, 0.3) is 11.8 Å². The molecule has 0 saturated carbocycles. The van der Waals surface area contributed by atoms with Crippen LogP contribution in [-0.2, 0) is 11.4 Å². The smallest absolute Gasteiger partial charge is 0.262 e. The summed E-state index contributed by atoms with van der Waals surface area (Å²) in [5.74, 6) is 0.337. The highest BCUT2D eigenvalue weighted by Crippen LogP contribution is 2.28. The molecule has 3 aromatic rings. The molecule has 0 aliphatic rings. The number of benzene rings is 3. The first-order valence-electron chi connectivity index (χ1n) is 11.4. The predicted octanol–water partition coefficient (Wildman–Crippen LogP) is 4.49. The summed E-state index contributed by atoms with van der Waals surface area (Å²) in [5.41, 5.74) is 5.85. The molecule has 0 spiro atoms. The minimum absolute atomic E-state index is 0.124. The van der Waals surface area contributed by atoms with Crippen molar-refractivity contribution in [2.75, 3.05) is 7.11 Å². The summed E-state index contributed by atoms with van der Waals surface area (Å²) in [6.45, 7) is 6.10. The zero-order valence-electron chi connectivity index (χ0n) is 20.4. The number of rotatable bonds is 10. The van der Waals surface area contributed by atoms with Crippen LogP contribution in [-0.4, -0.2) is 31.2 Å². The lowest BCUT2D eigenvalue weighted by Crippen LogP contribution is -2.48. The van der Waals surface area contributed by atoms with E-state index in [-0.39, 0.29) is 11.8 Å². The Hall–Kier alpha value is -4.13. The second-order valence-corrected chi connectivity index (χ2v) is 8.48. The minimum atomic E-state index is -0.732. The molecule has 0 heterocycles. The standard InChI is InChI=1S/C28H31N3O4/c1-19(2)26(30-27(32)23-13-10-20(3)11-14-23)28(33)31-29-17-22-12-15-24(25(16-22)34-4)35-18-21-8-6-5-7-9-21/h5-17,19,26H,18H2,1-4H3,(H,30,32)(H,31,33). The van der Waals surface area contributed by atoms with E-state index in [0.29, 0.717) is 23.7 Å². The van der Waals surface area contributed by atoms with Gasteiger partial charge in [-0.2, -0.15) is 5.10 Å². The molecular formula is C28H31N3O4. The van der Waals surface area contributed by atoms with Gasteiger partial charge in [0.1, 0.15) is 12.6 Å². The molecule has 1 unspecified atom stereocenters. The van der Waals surface area contributed by atoms with E-state index in [0.717, 1.165) is 16.7 Å². The SMILES string of the molecule is COc1cc(C=NNC(=O)C(NC(=O)c2ccc(C)cc2)C(C)C)ccc1OCc1ccccc1. The van der Waals surface area contributed by atoms with Crippen molar-refractivity contribution in [3.8, 4) is 11.5 Å². The van der Waals surface area contributed by atoms with E-state index in [1.54, 1.807) is 31.4 Å². The van der Waals surface area contributed by atoms with Crippen LogP contribution in [0.3, 0.4) is 0 Å². The third kappa shape index (κ3) is 7.43. The van der Waals surface area contributed by atoms with E-state index in [1.165, 1.54) is 6.21 Å². The second kappa shape index (κ2) is 12.4. The maximum absolute atomic E-state index is 12.7. The Bertz CT molecular complexity index is 1160. The summed E-state index contributed by atoms with van der Waals surface area (Å²) in [7, 11) is 1.57. The molecule has 2 N–H and O–H groups in total. The molecular weight excluding hydrogens is 442 g/mol. The van der Waals surface area contributed by atoms with Gasteiger partial charge < -0.3 is 14.8 Å². The molecule has 0 aliphatic carbocycles. The number of amides is 2. The monoisotopic (exact) mass is 473 g/mol. The van der Waals surface area contributed by atoms with Crippen molar-refractivity contribution in [1.29, 1.82) is 0 Å². The Morgan fingerprint density at radius 3 is 2.34 bits per heavy atom. The molecule has 7 heteroatoms. The number of carbonyl (C=O) groups excluding carboxylic acids is 2. The lowest BCUT2D eigenvalue weighted by molar-refractivity contribution is -0.123. The van der Waals surface area contributed by atoms with Crippen molar-refractivity contribution in [2.24, 2.45) is 11.0 Å². The normalized spacial score (nSPS) is 11.8. The minimum Gasteiger partial charge on any atom is -0.493 e. The number of methoxy groups -OCH3 is 1. The maximum Gasteiger partial charge on any atom is 0.262 e. The van der Waals surface area contributed by atoms with Gasteiger partial charge in [-0.15, -0.1) is 0 Å². The number of nitrogens with zero attached hydrogens (tertiary/aromatic N) is 1. The molecule has 7 nitrogen and oxygen atoms in total. The molecule has 182 valence electrons. The number of hydrogen-bond donors (Lipinski definition) is 2. The maximum atomic E-state index is 12.7. The van der Waals surface area contributed by atoms with E-state index in [4.69, 9.17) is 9.47 Å². The molecule has 3 rings (SSSR count). The number of ether oxygens (including phenoxy) is 2. The van der Waals surface area contributed by atoms with Crippen molar-refractivity contribution in [2.45, 2.75) is 33.4 Å². The lowest BCUT2D eigenvalue weighted by atomic mass is 10.0. The zero-order valence-corrected chi connectivity index (χ0v) is 20.4. The summed E-state index contributed by atoms with van der Waals surface area (Å²) >= 11 is 0. The van der Waals surface area contributed by atoms with Gasteiger partial charge in [-0.1, -0.05) is 61.9 Å². The summed E-state index contributed by atoms with van der Waals surface area (Å²) in [6.07, 6.45) is 1.51. The van der Waals surface area contributed by atoms with Crippen molar-refractivity contribution in [1.82, 2.24) is 10.7 Å². The molecule has 0 aliphatic heterocycles. The van der Waals surface area contributed by atoms with Gasteiger partial charge in [0, 0.05) is 5.56 Å². The van der Waals surface area contributed by atoms with E-state index in [9.17, 15) is 9.59 Å². The Labute approximate surface area is 206 Å². The van der Waals surface area contributed by atoms with Crippen molar-refractivity contribution < 1.29 is 19.1 Å². The average molecular weight is 474 g/mol. The summed E-state index contributed by atoms with van der Waals surface area (Å²) in [5, 5.41) is 6.86. The van der Waals surface area contributed by atoms with Crippen LogP contribution in [0.2, 0.25) is 0 Å². The quantitative estimate of drug-likeness (QED) is 0.335. The summed E-state index contributed by atoms with van der Waals surface area (Å²) in [6, 6.07) is 21.7. The number of aryl methyl sites for hydroxylation is 1. The number of carbonyl (C=O) groups is 2. The molecule has 0 aromatic heterocycles. The first-order chi connectivity index (χ1) is 16.9. The van der Waals surface area contributed by atoms with Crippen molar-refractivity contribution >= 4 is 18.0 Å². The van der Waals surface area contributed by atoms with Gasteiger partial charge in [-0.3, -0.25) is 9.59 Å². The molecule has 0 radical (unpaired) electrons. The molecule has 2 amide bonds.